The van der Waals surface area contributed by atoms with E-state index in [1.165, 1.54) is 25.7 Å². The first kappa shape index (κ1) is 10.3. The highest BCUT2D eigenvalue weighted by molar-refractivity contribution is 5.85. The summed E-state index contributed by atoms with van der Waals surface area (Å²) in [5, 5.41) is 0. The molecule has 0 saturated heterocycles. The van der Waals surface area contributed by atoms with Crippen LogP contribution in [0, 0.1) is 11.8 Å². The highest BCUT2D eigenvalue weighted by Gasteiger charge is 2.48. The van der Waals surface area contributed by atoms with E-state index in [9.17, 15) is 0 Å². The summed E-state index contributed by atoms with van der Waals surface area (Å²) >= 11 is 0. The third kappa shape index (κ3) is 1.27. The Balaban J connectivity index is 0.000000720. The zero-order chi connectivity index (χ0) is 8.06. The molecule has 0 amide bonds. The molecule has 72 valence electrons. The number of rotatable bonds is 1. The molecule has 2 rings (SSSR count). The lowest BCUT2D eigenvalue weighted by molar-refractivity contribution is 0.102. The second-order valence-electron chi connectivity index (χ2n) is 4.83. The molecule has 1 nitrogen and oxygen atoms in total. The van der Waals surface area contributed by atoms with E-state index >= 15 is 0 Å². The zero-order valence-corrected chi connectivity index (χ0v) is 9.16. The summed E-state index contributed by atoms with van der Waals surface area (Å²) < 4.78 is 0. The Morgan fingerprint density at radius 3 is 2.17 bits per heavy atom. The normalized spacial score (nSPS) is 45.0. The topological polar surface area (TPSA) is 3.24 Å². The first-order valence-electron chi connectivity index (χ1n) is 4.80. The lowest BCUT2D eigenvalue weighted by Crippen LogP contribution is -2.45. The quantitative estimate of drug-likeness (QED) is 0.613. The first-order valence-corrected chi connectivity index (χ1v) is 4.80. The molecule has 2 fully saturated rings. The van der Waals surface area contributed by atoms with Crippen molar-refractivity contribution in [2.75, 3.05) is 14.1 Å². The van der Waals surface area contributed by atoms with Crippen molar-refractivity contribution in [1.82, 2.24) is 4.90 Å². The lowest BCUT2D eigenvalue weighted by Gasteiger charge is -2.40. The molecule has 0 radical (unpaired) electrons. The highest BCUT2D eigenvalue weighted by Crippen LogP contribution is 2.52. The van der Waals surface area contributed by atoms with Crippen LogP contribution in [-0.2, 0) is 0 Å². The SMILES string of the molecule is CN(C)[C@@]1(C)C[C@H]2CC[C@H]1C2.Cl. The Hall–Kier alpha value is 0.250. The smallest absolute Gasteiger partial charge is 0.0206 e. The molecule has 0 spiro atoms. The summed E-state index contributed by atoms with van der Waals surface area (Å²) in [6.45, 7) is 2.44. The van der Waals surface area contributed by atoms with Crippen molar-refractivity contribution in [3.63, 3.8) is 0 Å². The van der Waals surface area contributed by atoms with Crippen LogP contribution in [0.2, 0.25) is 0 Å². The molecule has 0 aromatic heterocycles. The Morgan fingerprint density at radius 2 is 1.92 bits per heavy atom. The van der Waals surface area contributed by atoms with Gasteiger partial charge in [-0.25, -0.2) is 0 Å². The Bertz CT molecular complexity index is 169. The molecule has 2 bridgehead atoms. The number of nitrogens with zero attached hydrogens (tertiary/aromatic N) is 1. The van der Waals surface area contributed by atoms with Gasteiger partial charge in [0.05, 0.1) is 0 Å². The van der Waals surface area contributed by atoms with Gasteiger partial charge in [0.2, 0.25) is 0 Å². The van der Waals surface area contributed by atoms with E-state index in [-0.39, 0.29) is 12.4 Å². The van der Waals surface area contributed by atoms with E-state index in [2.05, 4.69) is 25.9 Å². The molecule has 0 aliphatic heterocycles. The van der Waals surface area contributed by atoms with Crippen LogP contribution in [-0.4, -0.2) is 24.5 Å². The highest BCUT2D eigenvalue weighted by atomic mass is 35.5. The molecule has 0 N–H and O–H groups in total. The summed E-state index contributed by atoms with van der Waals surface area (Å²) in [5.41, 5.74) is 0.545. The van der Waals surface area contributed by atoms with Crippen LogP contribution in [0.1, 0.15) is 32.6 Å². The maximum atomic E-state index is 2.44. The van der Waals surface area contributed by atoms with Gasteiger partial charge in [-0.1, -0.05) is 6.42 Å². The lowest BCUT2D eigenvalue weighted by atomic mass is 9.82. The first-order chi connectivity index (χ1) is 5.13. The fourth-order valence-corrected chi connectivity index (χ4v) is 3.12. The average molecular weight is 190 g/mol. The number of hydrogen-bond donors (Lipinski definition) is 0. The van der Waals surface area contributed by atoms with Crippen LogP contribution in [0.15, 0.2) is 0 Å². The molecule has 0 aromatic carbocycles. The van der Waals surface area contributed by atoms with E-state index < -0.39 is 0 Å². The molecule has 2 heteroatoms. The second kappa shape index (κ2) is 3.19. The molecular formula is C10H20ClN. The van der Waals surface area contributed by atoms with Crippen LogP contribution in [0.25, 0.3) is 0 Å². The molecule has 0 heterocycles. The van der Waals surface area contributed by atoms with Gasteiger partial charge in [0.15, 0.2) is 0 Å². The van der Waals surface area contributed by atoms with Gasteiger partial charge >= 0.3 is 0 Å². The van der Waals surface area contributed by atoms with Gasteiger partial charge in [-0.15, -0.1) is 12.4 Å². The molecule has 2 aliphatic carbocycles. The zero-order valence-electron chi connectivity index (χ0n) is 8.34. The van der Waals surface area contributed by atoms with Crippen molar-refractivity contribution in [2.45, 2.75) is 38.1 Å². The van der Waals surface area contributed by atoms with Gasteiger partial charge < -0.3 is 4.90 Å². The number of halogens is 1. The third-order valence-corrected chi connectivity index (χ3v) is 4.14. The predicted molar refractivity (Wildman–Crippen MR) is 54.8 cm³/mol. The van der Waals surface area contributed by atoms with Crippen molar-refractivity contribution in [2.24, 2.45) is 11.8 Å². The van der Waals surface area contributed by atoms with Gasteiger partial charge in [0.1, 0.15) is 0 Å². The van der Waals surface area contributed by atoms with Gasteiger partial charge in [0.25, 0.3) is 0 Å². The number of hydrogen-bond acceptors (Lipinski definition) is 1. The minimum absolute atomic E-state index is 0. The van der Waals surface area contributed by atoms with Crippen molar-refractivity contribution < 1.29 is 0 Å². The van der Waals surface area contributed by atoms with Gasteiger partial charge in [-0.3, -0.25) is 0 Å². The van der Waals surface area contributed by atoms with Gasteiger partial charge in [-0.2, -0.15) is 0 Å². The molecule has 0 aromatic rings. The Labute approximate surface area is 81.9 Å². The predicted octanol–water partition coefficient (Wildman–Crippen LogP) is 2.55. The van der Waals surface area contributed by atoms with E-state index in [0.717, 1.165) is 11.8 Å². The summed E-state index contributed by atoms with van der Waals surface area (Å²) in [7, 11) is 4.47. The molecule has 3 atom stereocenters. The van der Waals surface area contributed by atoms with E-state index in [1.54, 1.807) is 0 Å². The van der Waals surface area contributed by atoms with E-state index in [1.807, 2.05) is 0 Å². The second-order valence-corrected chi connectivity index (χ2v) is 4.83. The third-order valence-electron chi connectivity index (χ3n) is 4.14. The van der Waals surface area contributed by atoms with Crippen molar-refractivity contribution in [3.05, 3.63) is 0 Å². The molecule has 0 unspecified atom stereocenters. The summed E-state index contributed by atoms with van der Waals surface area (Å²) in [6.07, 6.45) is 5.95. The summed E-state index contributed by atoms with van der Waals surface area (Å²) in [4.78, 5) is 2.44. The monoisotopic (exact) mass is 189 g/mol. The molecule has 2 saturated carbocycles. The average Bonchev–Trinajstić information content (AvgIpc) is 2.45. The Kier molecular flexibility index (Phi) is 2.75. The van der Waals surface area contributed by atoms with Crippen LogP contribution < -0.4 is 0 Å². The van der Waals surface area contributed by atoms with E-state index in [0.29, 0.717) is 5.54 Å². The molecular weight excluding hydrogens is 170 g/mol. The maximum Gasteiger partial charge on any atom is 0.0206 e. The van der Waals surface area contributed by atoms with Crippen LogP contribution in [0.3, 0.4) is 0 Å². The largest absolute Gasteiger partial charge is 0.304 e. The maximum absolute atomic E-state index is 2.44. The Morgan fingerprint density at radius 1 is 1.25 bits per heavy atom. The van der Waals surface area contributed by atoms with Gasteiger partial charge in [0, 0.05) is 5.54 Å². The van der Waals surface area contributed by atoms with Gasteiger partial charge in [-0.05, 0) is 52.1 Å². The van der Waals surface area contributed by atoms with E-state index in [4.69, 9.17) is 0 Å². The fraction of sp³-hybridized carbons (Fsp3) is 1.00. The standard InChI is InChI=1S/C10H19N.ClH/c1-10(11(2)3)7-8-4-5-9(10)6-8;/h8-9H,4-7H2,1-3H3;1H/t8-,9-,10-;/m0./s1. The minimum Gasteiger partial charge on any atom is -0.304 e. The van der Waals surface area contributed by atoms with Crippen LogP contribution in [0.5, 0.6) is 0 Å². The summed E-state index contributed by atoms with van der Waals surface area (Å²) in [6, 6.07) is 0. The molecule has 12 heavy (non-hydrogen) atoms. The summed E-state index contributed by atoms with van der Waals surface area (Å²) in [5.74, 6) is 2.06. The van der Waals surface area contributed by atoms with Crippen LogP contribution in [0.4, 0.5) is 0 Å². The van der Waals surface area contributed by atoms with Crippen molar-refractivity contribution in [3.8, 4) is 0 Å². The fourth-order valence-electron chi connectivity index (χ4n) is 3.12. The van der Waals surface area contributed by atoms with Crippen molar-refractivity contribution in [1.29, 1.82) is 0 Å². The molecule has 2 aliphatic rings. The minimum atomic E-state index is 0. The van der Waals surface area contributed by atoms with Crippen molar-refractivity contribution >= 4 is 12.4 Å². The number of fused-ring (bicyclic) bond motifs is 2. The van der Waals surface area contributed by atoms with Crippen LogP contribution >= 0.6 is 12.4 Å².